The van der Waals surface area contributed by atoms with Crippen LogP contribution in [0.3, 0.4) is 0 Å². The van der Waals surface area contributed by atoms with Crippen molar-refractivity contribution in [3.63, 3.8) is 0 Å². The summed E-state index contributed by atoms with van der Waals surface area (Å²) < 4.78 is 32.5. The van der Waals surface area contributed by atoms with Gasteiger partial charge < -0.3 is 10.1 Å². The van der Waals surface area contributed by atoms with E-state index in [9.17, 15) is 13.2 Å². The summed E-state index contributed by atoms with van der Waals surface area (Å²) in [6, 6.07) is 19.5. The van der Waals surface area contributed by atoms with Crippen LogP contribution in [0.4, 0.5) is 5.69 Å². The number of nitrogens with one attached hydrogen (secondary N) is 1. The van der Waals surface area contributed by atoms with Gasteiger partial charge in [0.05, 0.1) is 23.7 Å². The van der Waals surface area contributed by atoms with Gasteiger partial charge in [-0.05, 0) is 61.0 Å². The average Bonchev–Trinajstić information content (AvgIpc) is 2.78. The zero-order chi connectivity index (χ0) is 22.6. The molecule has 3 aromatic rings. The zero-order valence-electron chi connectivity index (χ0n) is 17.4. The van der Waals surface area contributed by atoms with Gasteiger partial charge in [0.2, 0.25) is 0 Å². The van der Waals surface area contributed by atoms with Crippen molar-refractivity contribution in [3.8, 4) is 5.75 Å². The summed E-state index contributed by atoms with van der Waals surface area (Å²) in [6.07, 6.45) is 0. The van der Waals surface area contributed by atoms with Crippen LogP contribution in [0, 0.1) is 0 Å². The van der Waals surface area contributed by atoms with E-state index in [1.54, 1.807) is 49.6 Å². The van der Waals surface area contributed by atoms with E-state index in [1.165, 1.54) is 19.2 Å². The smallest absolute Gasteiger partial charge is 0.264 e. The number of amides is 1. The van der Waals surface area contributed by atoms with Gasteiger partial charge in [0.15, 0.2) is 0 Å². The standard InChI is InChI=1S/C23H23ClN2O4S/c1-16(21-9-4-5-10-22(21)24)25-23(27)17-7-6-8-20(15-17)31(28,29)26(2)18-11-13-19(30-3)14-12-18/h4-16H,1-3H3,(H,25,27). The number of sulfonamides is 1. The molecule has 1 N–H and O–H groups in total. The maximum Gasteiger partial charge on any atom is 0.264 e. The lowest BCUT2D eigenvalue weighted by Crippen LogP contribution is -2.28. The summed E-state index contributed by atoms with van der Waals surface area (Å²) in [5.74, 6) is 0.234. The number of hydrogen-bond donors (Lipinski definition) is 1. The van der Waals surface area contributed by atoms with E-state index in [1.807, 2.05) is 25.1 Å². The Kier molecular flexibility index (Phi) is 6.87. The van der Waals surface area contributed by atoms with Crippen LogP contribution in [0.1, 0.15) is 28.9 Å². The van der Waals surface area contributed by atoms with E-state index in [-0.39, 0.29) is 16.5 Å². The van der Waals surface area contributed by atoms with E-state index >= 15 is 0 Å². The fourth-order valence-electron chi connectivity index (χ4n) is 3.07. The first-order chi connectivity index (χ1) is 14.7. The minimum Gasteiger partial charge on any atom is -0.497 e. The van der Waals surface area contributed by atoms with Gasteiger partial charge in [-0.2, -0.15) is 0 Å². The summed E-state index contributed by atoms with van der Waals surface area (Å²) >= 11 is 6.20. The van der Waals surface area contributed by atoms with Gasteiger partial charge in [-0.15, -0.1) is 0 Å². The molecule has 0 aromatic heterocycles. The Morgan fingerprint density at radius 2 is 1.71 bits per heavy atom. The lowest BCUT2D eigenvalue weighted by atomic mass is 10.1. The number of benzene rings is 3. The van der Waals surface area contributed by atoms with Crippen LogP contribution >= 0.6 is 11.6 Å². The second kappa shape index (κ2) is 9.41. The molecule has 0 aliphatic rings. The van der Waals surface area contributed by atoms with Crippen LogP contribution in [0.2, 0.25) is 5.02 Å². The maximum absolute atomic E-state index is 13.1. The minimum absolute atomic E-state index is 0.0175. The maximum atomic E-state index is 13.1. The number of methoxy groups -OCH3 is 1. The lowest BCUT2D eigenvalue weighted by Gasteiger charge is -2.20. The Balaban J connectivity index is 1.82. The van der Waals surface area contributed by atoms with Gasteiger partial charge in [-0.3, -0.25) is 9.10 Å². The Bertz CT molecular complexity index is 1180. The van der Waals surface area contributed by atoms with Crippen LogP contribution in [0.25, 0.3) is 0 Å². The highest BCUT2D eigenvalue weighted by Crippen LogP contribution is 2.26. The summed E-state index contributed by atoms with van der Waals surface area (Å²) in [6.45, 7) is 1.82. The van der Waals surface area contributed by atoms with E-state index in [2.05, 4.69) is 5.32 Å². The quantitative estimate of drug-likeness (QED) is 0.558. The highest BCUT2D eigenvalue weighted by atomic mass is 35.5. The molecule has 3 rings (SSSR count). The first-order valence-electron chi connectivity index (χ1n) is 9.52. The van der Waals surface area contributed by atoms with Crippen molar-refractivity contribution in [2.45, 2.75) is 17.9 Å². The van der Waals surface area contributed by atoms with Crippen molar-refractivity contribution in [2.75, 3.05) is 18.5 Å². The lowest BCUT2D eigenvalue weighted by molar-refractivity contribution is 0.0939. The van der Waals surface area contributed by atoms with E-state index < -0.39 is 15.9 Å². The molecule has 0 heterocycles. The number of carbonyl (C=O) groups is 1. The molecule has 0 bridgehead atoms. The summed E-state index contributed by atoms with van der Waals surface area (Å²) in [4.78, 5) is 12.8. The van der Waals surface area contributed by atoms with Gasteiger partial charge in [0.1, 0.15) is 5.75 Å². The summed E-state index contributed by atoms with van der Waals surface area (Å²) in [7, 11) is -0.862. The summed E-state index contributed by atoms with van der Waals surface area (Å²) in [5, 5.41) is 3.41. The van der Waals surface area contributed by atoms with Crippen molar-refractivity contribution >= 4 is 33.2 Å². The molecule has 0 spiro atoms. The van der Waals surface area contributed by atoms with Crippen molar-refractivity contribution in [2.24, 2.45) is 0 Å². The highest BCUT2D eigenvalue weighted by molar-refractivity contribution is 7.92. The number of halogens is 1. The molecule has 0 saturated carbocycles. The van der Waals surface area contributed by atoms with Gasteiger partial charge in [0.25, 0.3) is 15.9 Å². The molecule has 8 heteroatoms. The van der Waals surface area contributed by atoms with Crippen LogP contribution < -0.4 is 14.4 Å². The molecule has 0 aliphatic carbocycles. The van der Waals surface area contributed by atoms with Crippen molar-refractivity contribution in [3.05, 3.63) is 88.9 Å². The van der Waals surface area contributed by atoms with Crippen LogP contribution in [0.15, 0.2) is 77.7 Å². The first kappa shape index (κ1) is 22.7. The zero-order valence-corrected chi connectivity index (χ0v) is 18.9. The second-order valence-corrected chi connectivity index (χ2v) is 9.29. The molecule has 31 heavy (non-hydrogen) atoms. The molecule has 0 aliphatic heterocycles. The third-order valence-corrected chi connectivity index (χ3v) is 7.04. The van der Waals surface area contributed by atoms with Gasteiger partial charge >= 0.3 is 0 Å². The van der Waals surface area contributed by atoms with Crippen molar-refractivity contribution < 1.29 is 17.9 Å². The molecule has 3 aromatic carbocycles. The first-order valence-corrected chi connectivity index (χ1v) is 11.3. The Morgan fingerprint density at radius 3 is 2.35 bits per heavy atom. The number of ether oxygens (including phenoxy) is 1. The monoisotopic (exact) mass is 458 g/mol. The second-order valence-electron chi connectivity index (χ2n) is 6.92. The van der Waals surface area contributed by atoms with Gasteiger partial charge in [-0.1, -0.05) is 35.9 Å². The number of nitrogens with zero attached hydrogens (tertiary/aromatic N) is 1. The fraction of sp³-hybridized carbons (Fsp3) is 0.174. The van der Waals surface area contributed by atoms with E-state index in [4.69, 9.17) is 16.3 Å². The molecule has 0 saturated heterocycles. The number of hydrogen-bond acceptors (Lipinski definition) is 4. The highest BCUT2D eigenvalue weighted by Gasteiger charge is 2.23. The average molecular weight is 459 g/mol. The number of carbonyl (C=O) groups excluding carboxylic acids is 1. The van der Waals surface area contributed by atoms with Crippen molar-refractivity contribution in [1.29, 1.82) is 0 Å². The predicted octanol–water partition coefficient (Wildman–Crippen LogP) is 4.66. The normalized spacial score (nSPS) is 12.1. The van der Waals surface area contributed by atoms with Crippen LogP contribution in [-0.4, -0.2) is 28.5 Å². The molecule has 6 nitrogen and oxygen atoms in total. The molecular weight excluding hydrogens is 436 g/mol. The number of anilines is 1. The molecular formula is C23H23ClN2O4S. The van der Waals surface area contributed by atoms with Crippen molar-refractivity contribution in [1.82, 2.24) is 5.32 Å². The SMILES string of the molecule is COc1ccc(N(C)S(=O)(=O)c2cccc(C(=O)NC(C)c3ccccc3Cl)c2)cc1. The van der Waals surface area contributed by atoms with E-state index in [0.717, 1.165) is 9.87 Å². The molecule has 1 atom stereocenters. The summed E-state index contributed by atoms with van der Waals surface area (Å²) in [5.41, 5.74) is 1.49. The molecule has 0 radical (unpaired) electrons. The van der Waals surface area contributed by atoms with Gasteiger partial charge in [0, 0.05) is 17.6 Å². The third-order valence-electron chi connectivity index (χ3n) is 4.91. The topological polar surface area (TPSA) is 75.7 Å². The third kappa shape index (κ3) is 5.00. The predicted molar refractivity (Wildman–Crippen MR) is 122 cm³/mol. The van der Waals surface area contributed by atoms with E-state index in [0.29, 0.717) is 16.5 Å². The Morgan fingerprint density at radius 1 is 1.03 bits per heavy atom. The molecule has 1 unspecified atom stereocenters. The fourth-order valence-corrected chi connectivity index (χ4v) is 4.61. The minimum atomic E-state index is -3.86. The van der Waals surface area contributed by atoms with Crippen LogP contribution in [-0.2, 0) is 10.0 Å². The Hall–Kier alpha value is -3.03. The number of rotatable bonds is 7. The molecule has 0 fully saturated rings. The molecule has 162 valence electrons. The van der Waals surface area contributed by atoms with Gasteiger partial charge in [-0.25, -0.2) is 8.42 Å². The Labute approximate surface area is 187 Å². The van der Waals surface area contributed by atoms with Crippen LogP contribution in [0.5, 0.6) is 5.75 Å². The largest absolute Gasteiger partial charge is 0.497 e. The molecule has 1 amide bonds.